The van der Waals surface area contributed by atoms with Crippen LogP contribution in [-0.2, 0) is 17.9 Å². The minimum absolute atomic E-state index is 0.188. The number of amides is 4. The number of hydrogen-bond donors (Lipinski definition) is 3. The van der Waals surface area contributed by atoms with Crippen molar-refractivity contribution in [3.8, 4) is 0 Å². The van der Waals surface area contributed by atoms with E-state index in [-0.39, 0.29) is 11.9 Å². The van der Waals surface area contributed by atoms with Crippen LogP contribution in [0.2, 0.25) is 0 Å². The van der Waals surface area contributed by atoms with Crippen molar-refractivity contribution in [1.29, 1.82) is 0 Å². The number of benzene rings is 2. The molecule has 7 heteroatoms. The summed E-state index contributed by atoms with van der Waals surface area (Å²) in [5.74, 6) is -0.903. The second-order valence-electron chi connectivity index (χ2n) is 7.20. The lowest BCUT2D eigenvalue weighted by Crippen LogP contribution is -2.44. The largest absolute Gasteiger partial charge is 0.368 e. The maximum absolute atomic E-state index is 12.5. The molecular weight excluding hydrogens is 368 g/mol. The lowest BCUT2D eigenvalue weighted by Gasteiger charge is -2.17. The van der Waals surface area contributed by atoms with Crippen molar-refractivity contribution in [2.75, 3.05) is 5.32 Å². The third-order valence-electron chi connectivity index (χ3n) is 5.02. The molecule has 0 bridgehead atoms. The third kappa shape index (κ3) is 5.13. The van der Waals surface area contributed by atoms with Crippen LogP contribution in [0.3, 0.4) is 0 Å². The lowest BCUT2D eigenvalue weighted by molar-refractivity contribution is -0.120. The van der Waals surface area contributed by atoms with E-state index in [4.69, 9.17) is 5.73 Å². The molecule has 0 radical (unpaired) electrons. The van der Waals surface area contributed by atoms with Gasteiger partial charge >= 0.3 is 6.03 Å². The third-order valence-corrected chi connectivity index (χ3v) is 5.02. The number of anilines is 1. The first kappa shape index (κ1) is 20.4. The highest BCUT2D eigenvalue weighted by Gasteiger charge is 2.23. The maximum atomic E-state index is 12.5. The molecule has 29 heavy (non-hydrogen) atoms. The number of rotatable bonds is 7. The van der Waals surface area contributed by atoms with E-state index in [2.05, 4.69) is 10.6 Å². The number of carbonyl (C=O) groups is 3. The Labute approximate surface area is 170 Å². The molecule has 4 amide bonds. The Morgan fingerprint density at radius 1 is 1.03 bits per heavy atom. The Bertz CT molecular complexity index is 870. The van der Waals surface area contributed by atoms with Crippen LogP contribution in [-0.4, -0.2) is 28.8 Å². The van der Waals surface area contributed by atoms with Crippen molar-refractivity contribution in [3.63, 3.8) is 0 Å². The average Bonchev–Trinajstić information content (AvgIpc) is 3.15. The predicted molar refractivity (Wildman–Crippen MR) is 111 cm³/mol. The fourth-order valence-corrected chi connectivity index (χ4v) is 3.32. The SMILES string of the molecule is CCCCC(NC(=O)c1ccc(NC(=O)N2Cc3ccccc3C2)cc1)C(N)=O. The zero-order valence-electron chi connectivity index (χ0n) is 16.5. The van der Waals surface area contributed by atoms with E-state index < -0.39 is 11.9 Å². The molecule has 7 nitrogen and oxygen atoms in total. The first-order valence-electron chi connectivity index (χ1n) is 9.81. The van der Waals surface area contributed by atoms with Crippen molar-refractivity contribution in [2.45, 2.75) is 45.3 Å². The van der Waals surface area contributed by atoms with Crippen LogP contribution in [0.1, 0.15) is 47.7 Å². The van der Waals surface area contributed by atoms with Crippen LogP contribution in [0.4, 0.5) is 10.5 Å². The molecule has 152 valence electrons. The number of nitrogens with two attached hydrogens (primary N) is 1. The first-order chi connectivity index (χ1) is 14.0. The summed E-state index contributed by atoms with van der Waals surface area (Å²) in [6.45, 7) is 3.16. The van der Waals surface area contributed by atoms with Gasteiger partial charge in [-0.15, -0.1) is 0 Å². The lowest BCUT2D eigenvalue weighted by atomic mass is 10.1. The number of nitrogens with one attached hydrogen (secondary N) is 2. The molecule has 0 spiro atoms. The quantitative estimate of drug-likeness (QED) is 0.672. The van der Waals surface area contributed by atoms with Gasteiger partial charge in [-0.1, -0.05) is 44.0 Å². The smallest absolute Gasteiger partial charge is 0.322 e. The van der Waals surface area contributed by atoms with Crippen molar-refractivity contribution in [2.24, 2.45) is 5.73 Å². The fourth-order valence-electron chi connectivity index (χ4n) is 3.32. The van der Waals surface area contributed by atoms with E-state index >= 15 is 0 Å². The van der Waals surface area contributed by atoms with Gasteiger partial charge in [-0.25, -0.2) is 4.79 Å². The van der Waals surface area contributed by atoms with Gasteiger partial charge in [0.15, 0.2) is 0 Å². The Morgan fingerprint density at radius 2 is 1.66 bits per heavy atom. The molecule has 1 heterocycles. The number of primary amides is 1. The molecule has 1 aliphatic rings. The zero-order valence-corrected chi connectivity index (χ0v) is 16.5. The highest BCUT2D eigenvalue weighted by atomic mass is 16.2. The van der Waals surface area contributed by atoms with Gasteiger partial charge < -0.3 is 21.3 Å². The second-order valence-corrected chi connectivity index (χ2v) is 7.20. The van der Waals surface area contributed by atoms with Crippen LogP contribution >= 0.6 is 0 Å². The fraction of sp³-hybridized carbons (Fsp3) is 0.318. The molecule has 0 saturated heterocycles. The van der Waals surface area contributed by atoms with E-state index in [1.165, 1.54) is 0 Å². The van der Waals surface area contributed by atoms with Gasteiger partial charge in [0.25, 0.3) is 5.91 Å². The molecule has 2 aromatic rings. The number of unbranched alkanes of at least 4 members (excludes halogenated alkanes) is 1. The molecular formula is C22H26N4O3. The topological polar surface area (TPSA) is 105 Å². The second kappa shape index (κ2) is 9.23. The van der Waals surface area contributed by atoms with E-state index in [0.29, 0.717) is 30.8 Å². The van der Waals surface area contributed by atoms with Crippen LogP contribution in [0.15, 0.2) is 48.5 Å². The van der Waals surface area contributed by atoms with Gasteiger partial charge in [0.05, 0.1) is 0 Å². The van der Waals surface area contributed by atoms with E-state index in [1.54, 1.807) is 29.2 Å². The van der Waals surface area contributed by atoms with E-state index in [1.807, 2.05) is 31.2 Å². The minimum atomic E-state index is -0.682. The molecule has 4 N–H and O–H groups in total. The van der Waals surface area contributed by atoms with Crippen LogP contribution in [0.5, 0.6) is 0 Å². The highest BCUT2D eigenvalue weighted by Crippen LogP contribution is 2.23. The Balaban J connectivity index is 1.56. The summed E-state index contributed by atoms with van der Waals surface area (Å²) in [5.41, 5.74) is 8.68. The molecule has 2 aromatic carbocycles. The first-order valence-corrected chi connectivity index (χ1v) is 9.81. The number of fused-ring (bicyclic) bond motifs is 1. The summed E-state index contributed by atoms with van der Waals surface area (Å²) in [5, 5.41) is 5.53. The normalized spacial score (nSPS) is 13.5. The molecule has 0 aliphatic carbocycles. The highest BCUT2D eigenvalue weighted by molar-refractivity contribution is 5.98. The molecule has 0 saturated carbocycles. The molecule has 3 rings (SSSR count). The van der Waals surface area contributed by atoms with Gasteiger partial charge in [-0.2, -0.15) is 0 Å². The van der Waals surface area contributed by atoms with Gasteiger partial charge in [0.2, 0.25) is 5.91 Å². The standard InChI is InChI=1S/C22H26N4O3/c1-2-3-8-19(20(23)27)25-21(28)15-9-11-18(12-10-15)24-22(29)26-13-16-6-4-5-7-17(16)14-26/h4-7,9-12,19H,2-3,8,13-14H2,1H3,(H2,23,27)(H,24,29)(H,25,28). The summed E-state index contributed by atoms with van der Waals surface area (Å²) in [6.07, 6.45) is 2.24. The summed E-state index contributed by atoms with van der Waals surface area (Å²) in [6, 6.07) is 13.7. The van der Waals surface area contributed by atoms with Gasteiger partial charge in [0, 0.05) is 24.3 Å². The number of urea groups is 1. The van der Waals surface area contributed by atoms with Crippen molar-refractivity contribution in [3.05, 3.63) is 65.2 Å². The van der Waals surface area contributed by atoms with Crippen molar-refractivity contribution < 1.29 is 14.4 Å². The molecule has 1 unspecified atom stereocenters. The Kier molecular flexibility index (Phi) is 6.49. The van der Waals surface area contributed by atoms with Gasteiger partial charge in [0.1, 0.15) is 6.04 Å². The number of carbonyl (C=O) groups excluding carboxylic acids is 3. The maximum Gasteiger partial charge on any atom is 0.322 e. The summed E-state index contributed by atoms with van der Waals surface area (Å²) in [7, 11) is 0. The van der Waals surface area contributed by atoms with Crippen molar-refractivity contribution in [1.82, 2.24) is 10.2 Å². The van der Waals surface area contributed by atoms with Crippen LogP contribution in [0, 0.1) is 0 Å². The predicted octanol–water partition coefficient (Wildman–Crippen LogP) is 3.01. The zero-order chi connectivity index (χ0) is 20.8. The summed E-state index contributed by atoms with van der Waals surface area (Å²) < 4.78 is 0. The van der Waals surface area contributed by atoms with Crippen molar-refractivity contribution >= 4 is 23.5 Å². The molecule has 1 aliphatic heterocycles. The van der Waals surface area contributed by atoms with Crippen LogP contribution in [0.25, 0.3) is 0 Å². The Hall–Kier alpha value is -3.35. The Morgan fingerprint density at radius 3 is 2.21 bits per heavy atom. The van der Waals surface area contributed by atoms with E-state index in [9.17, 15) is 14.4 Å². The summed E-state index contributed by atoms with van der Waals surface area (Å²) >= 11 is 0. The summed E-state index contributed by atoms with van der Waals surface area (Å²) in [4.78, 5) is 38.1. The molecule has 0 aromatic heterocycles. The minimum Gasteiger partial charge on any atom is -0.368 e. The van der Waals surface area contributed by atoms with Gasteiger partial charge in [-0.3, -0.25) is 9.59 Å². The average molecular weight is 394 g/mol. The van der Waals surface area contributed by atoms with Gasteiger partial charge in [-0.05, 0) is 41.8 Å². The molecule has 0 fully saturated rings. The monoisotopic (exact) mass is 394 g/mol. The molecule has 1 atom stereocenters. The van der Waals surface area contributed by atoms with E-state index in [0.717, 1.165) is 24.0 Å². The number of hydrogen-bond acceptors (Lipinski definition) is 3. The number of nitrogens with zero attached hydrogens (tertiary/aromatic N) is 1. The van der Waals surface area contributed by atoms with Crippen LogP contribution < -0.4 is 16.4 Å².